The van der Waals surface area contributed by atoms with Gasteiger partial charge in [0.15, 0.2) is 0 Å². The lowest BCUT2D eigenvalue weighted by atomic mass is 10.2. The number of carbonyl (C=O) groups excluding carboxylic acids is 2. The zero-order valence-electron chi connectivity index (χ0n) is 13.2. The van der Waals surface area contributed by atoms with Gasteiger partial charge in [0, 0.05) is 24.7 Å². The average molecular weight is 302 g/mol. The van der Waals surface area contributed by atoms with E-state index in [1.807, 2.05) is 51.1 Å². The second-order valence-electron chi connectivity index (χ2n) is 7.09. The normalized spacial score (nSPS) is 26.3. The van der Waals surface area contributed by atoms with Crippen molar-refractivity contribution in [2.24, 2.45) is 17.8 Å². The molecular formula is C17H22N2O3. The Labute approximate surface area is 130 Å². The van der Waals surface area contributed by atoms with Gasteiger partial charge in [-0.2, -0.15) is 0 Å². The van der Waals surface area contributed by atoms with Crippen LogP contribution < -0.4 is 5.32 Å². The standard InChI is InChI=1S/C17H22N2O3/c1-17(2,3)22-16(21)19-9-12-13(10-19)14(12)15(20)18-11-7-5-4-6-8-11/h4-8,12-14H,9-10H2,1-3H3,(H,18,20). The third-order valence-electron chi connectivity index (χ3n) is 4.19. The maximum atomic E-state index is 12.2. The van der Waals surface area contributed by atoms with E-state index in [4.69, 9.17) is 4.74 Å². The van der Waals surface area contributed by atoms with Crippen molar-refractivity contribution in [3.63, 3.8) is 0 Å². The van der Waals surface area contributed by atoms with E-state index in [2.05, 4.69) is 5.32 Å². The number of carbonyl (C=O) groups is 2. The van der Waals surface area contributed by atoms with Gasteiger partial charge in [0.05, 0.1) is 0 Å². The van der Waals surface area contributed by atoms with E-state index in [0.29, 0.717) is 13.1 Å². The van der Waals surface area contributed by atoms with Gasteiger partial charge in [-0.05, 0) is 44.7 Å². The summed E-state index contributed by atoms with van der Waals surface area (Å²) in [4.78, 5) is 26.0. The molecule has 1 saturated heterocycles. The summed E-state index contributed by atoms with van der Waals surface area (Å²) in [7, 11) is 0. The first-order chi connectivity index (χ1) is 10.3. The molecule has 0 spiro atoms. The zero-order valence-corrected chi connectivity index (χ0v) is 13.2. The van der Waals surface area contributed by atoms with Gasteiger partial charge in [0.2, 0.25) is 5.91 Å². The SMILES string of the molecule is CC(C)(C)OC(=O)N1CC2C(C1)C2C(=O)Nc1ccccc1. The Morgan fingerprint density at radius 1 is 1.14 bits per heavy atom. The number of ether oxygens (including phenoxy) is 1. The van der Waals surface area contributed by atoms with Crippen molar-refractivity contribution < 1.29 is 14.3 Å². The lowest BCUT2D eigenvalue weighted by molar-refractivity contribution is -0.118. The molecule has 22 heavy (non-hydrogen) atoms. The molecular weight excluding hydrogens is 280 g/mol. The van der Waals surface area contributed by atoms with Crippen molar-refractivity contribution in [2.75, 3.05) is 18.4 Å². The highest BCUT2D eigenvalue weighted by Crippen LogP contribution is 2.52. The minimum absolute atomic E-state index is 0.0268. The maximum Gasteiger partial charge on any atom is 0.410 e. The lowest BCUT2D eigenvalue weighted by Crippen LogP contribution is -2.38. The quantitative estimate of drug-likeness (QED) is 0.914. The lowest BCUT2D eigenvalue weighted by Gasteiger charge is -2.25. The molecule has 2 atom stereocenters. The van der Waals surface area contributed by atoms with Crippen molar-refractivity contribution in [3.05, 3.63) is 30.3 Å². The number of likely N-dealkylation sites (tertiary alicyclic amines) is 1. The van der Waals surface area contributed by atoms with Crippen LogP contribution in [0.15, 0.2) is 30.3 Å². The summed E-state index contributed by atoms with van der Waals surface area (Å²) in [5.74, 6) is 0.636. The number of nitrogens with one attached hydrogen (secondary N) is 1. The Bertz CT molecular complexity index is 567. The minimum Gasteiger partial charge on any atom is -0.444 e. The molecule has 2 unspecified atom stereocenters. The highest BCUT2D eigenvalue weighted by atomic mass is 16.6. The molecule has 2 fully saturated rings. The molecule has 5 heteroatoms. The minimum atomic E-state index is -0.478. The van der Waals surface area contributed by atoms with Crippen LogP contribution >= 0.6 is 0 Å². The highest BCUT2D eigenvalue weighted by molar-refractivity contribution is 5.95. The second-order valence-corrected chi connectivity index (χ2v) is 7.09. The molecule has 1 N–H and O–H groups in total. The third-order valence-corrected chi connectivity index (χ3v) is 4.19. The fourth-order valence-electron chi connectivity index (χ4n) is 3.14. The van der Waals surface area contributed by atoms with Crippen LogP contribution in [-0.4, -0.2) is 35.6 Å². The van der Waals surface area contributed by atoms with Crippen molar-refractivity contribution in [3.8, 4) is 0 Å². The predicted octanol–water partition coefficient (Wildman–Crippen LogP) is 2.74. The second kappa shape index (κ2) is 5.30. The number of nitrogens with zero attached hydrogens (tertiary/aromatic N) is 1. The largest absolute Gasteiger partial charge is 0.444 e. The number of fused-ring (bicyclic) bond motifs is 1. The van der Waals surface area contributed by atoms with Crippen LogP contribution in [-0.2, 0) is 9.53 Å². The van der Waals surface area contributed by atoms with Gasteiger partial charge in [-0.25, -0.2) is 4.79 Å². The fraction of sp³-hybridized carbons (Fsp3) is 0.529. The molecule has 0 bridgehead atoms. The summed E-state index contributed by atoms with van der Waals surface area (Å²) >= 11 is 0. The first-order valence-corrected chi connectivity index (χ1v) is 7.69. The van der Waals surface area contributed by atoms with Crippen LogP contribution in [0.3, 0.4) is 0 Å². The number of anilines is 1. The van der Waals surface area contributed by atoms with Gasteiger partial charge in [0.25, 0.3) is 0 Å². The van der Waals surface area contributed by atoms with Gasteiger partial charge in [0.1, 0.15) is 5.60 Å². The summed E-state index contributed by atoms with van der Waals surface area (Å²) < 4.78 is 5.37. The molecule has 1 aromatic carbocycles. The third kappa shape index (κ3) is 3.08. The van der Waals surface area contributed by atoms with E-state index in [9.17, 15) is 9.59 Å². The van der Waals surface area contributed by atoms with E-state index in [0.717, 1.165) is 5.69 Å². The Kier molecular flexibility index (Phi) is 3.59. The van der Waals surface area contributed by atoms with Crippen LogP contribution in [0.1, 0.15) is 20.8 Å². The molecule has 118 valence electrons. The van der Waals surface area contributed by atoms with Gasteiger partial charge < -0.3 is 15.0 Å². The molecule has 1 aliphatic carbocycles. The fourth-order valence-corrected chi connectivity index (χ4v) is 3.14. The smallest absolute Gasteiger partial charge is 0.410 e. The summed E-state index contributed by atoms with van der Waals surface area (Å²) in [6, 6.07) is 9.47. The molecule has 2 amide bonds. The summed E-state index contributed by atoms with van der Waals surface area (Å²) in [6.45, 7) is 6.81. The number of rotatable bonds is 2. The molecule has 2 aliphatic rings. The van der Waals surface area contributed by atoms with E-state index in [-0.39, 0.29) is 29.8 Å². The molecule has 3 rings (SSSR count). The predicted molar refractivity (Wildman–Crippen MR) is 83.3 cm³/mol. The van der Waals surface area contributed by atoms with Gasteiger partial charge in [-0.3, -0.25) is 4.79 Å². The number of benzene rings is 1. The Morgan fingerprint density at radius 2 is 1.73 bits per heavy atom. The summed E-state index contributed by atoms with van der Waals surface area (Å²) in [6.07, 6.45) is -0.276. The Balaban J connectivity index is 1.50. The molecule has 1 heterocycles. The van der Waals surface area contributed by atoms with Crippen molar-refractivity contribution in [1.82, 2.24) is 4.90 Å². The summed E-state index contributed by atoms with van der Waals surface area (Å²) in [5, 5.41) is 2.94. The van der Waals surface area contributed by atoms with Crippen molar-refractivity contribution in [2.45, 2.75) is 26.4 Å². The van der Waals surface area contributed by atoms with Crippen LogP contribution in [0.4, 0.5) is 10.5 Å². The monoisotopic (exact) mass is 302 g/mol. The number of amides is 2. The summed E-state index contributed by atoms with van der Waals surface area (Å²) in [5.41, 5.74) is 0.343. The maximum absolute atomic E-state index is 12.2. The molecule has 0 radical (unpaired) electrons. The van der Waals surface area contributed by atoms with Crippen LogP contribution in [0, 0.1) is 17.8 Å². The van der Waals surface area contributed by atoms with E-state index >= 15 is 0 Å². The van der Waals surface area contributed by atoms with Gasteiger partial charge in [-0.1, -0.05) is 18.2 Å². The van der Waals surface area contributed by atoms with Gasteiger partial charge >= 0.3 is 6.09 Å². The molecule has 1 saturated carbocycles. The Hall–Kier alpha value is -2.04. The number of hydrogen-bond acceptors (Lipinski definition) is 3. The van der Waals surface area contributed by atoms with Crippen LogP contribution in [0.5, 0.6) is 0 Å². The first-order valence-electron chi connectivity index (χ1n) is 7.69. The number of hydrogen-bond donors (Lipinski definition) is 1. The van der Waals surface area contributed by atoms with E-state index in [1.165, 1.54) is 0 Å². The van der Waals surface area contributed by atoms with Crippen molar-refractivity contribution >= 4 is 17.7 Å². The van der Waals surface area contributed by atoms with E-state index in [1.54, 1.807) is 4.90 Å². The molecule has 1 aromatic rings. The zero-order chi connectivity index (χ0) is 15.9. The van der Waals surface area contributed by atoms with Crippen LogP contribution in [0.25, 0.3) is 0 Å². The highest BCUT2D eigenvalue weighted by Gasteiger charge is 2.60. The Morgan fingerprint density at radius 3 is 2.27 bits per heavy atom. The number of para-hydroxylation sites is 1. The molecule has 5 nitrogen and oxygen atoms in total. The van der Waals surface area contributed by atoms with Crippen molar-refractivity contribution in [1.29, 1.82) is 0 Å². The van der Waals surface area contributed by atoms with Gasteiger partial charge in [-0.15, -0.1) is 0 Å². The average Bonchev–Trinajstić information content (AvgIpc) is 2.93. The first kappa shape index (κ1) is 14.9. The van der Waals surface area contributed by atoms with Crippen LogP contribution in [0.2, 0.25) is 0 Å². The topological polar surface area (TPSA) is 58.6 Å². The van der Waals surface area contributed by atoms with E-state index < -0.39 is 5.60 Å². The number of piperidine rings is 1. The molecule has 1 aliphatic heterocycles. The molecule has 0 aromatic heterocycles.